The molecule has 84 valence electrons. The van der Waals surface area contributed by atoms with Crippen LogP contribution in [0, 0.1) is 0 Å². The maximum Gasteiger partial charge on any atom is 0.192 e. The van der Waals surface area contributed by atoms with Crippen molar-refractivity contribution >= 4 is 5.78 Å². The molecule has 0 aromatic heterocycles. The van der Waals surface area contributed by atoms with E-state index in [9.17, 15) is 4.79 Å². The Morgan fingerprint density at radius 3 is 2.75 bits per heavy atom. The molecule has 0 bridgehead atoms. The number of hydrogen-bond acceptors (Lipinski definition) is 3. The van der Waals surface area contributed by atoms with Crippen LogP contribution in [-0.2, 0) is 11.2 Å². The number of ketones is 1. The highest BCUT2D eigenvalue weighted by Gasteiger charge is 2.22. The van der Waals surface area contributed by atoms with Crippen LogP contribution in [0.15, 0.2) is 30.0 Å². The van der Waals surface area contributed by atoms with Crippen molar-refractivity contribution in [3.05, 3.63) is 41.2 Å². The predicted octanol–water partition coefficient (Wildman–Crippen LogP) is 2.35. The fourth-order valence-corrected chi connectivity index (χ4v) is 1.94. The van der Waals surface area contributed by atoms with E-state index in [4.69, 9.17) is 9.47 Å². The number of benzene rings is 1. The zero-order valence-electron chi connectivity index (χ0n) is 9.45. The molecule has 0 unspecified atom stereocenters. The average Bonchev–Trinajstić information content (AvgIpc) is 2.32. The first-order valence-corrected chi connectivity index (χ1v) is 5.19. The maximum absolute atomic E-state index is 12.0. The van der Waals surface area contributed by atoms with Crippen LogP contribution < -0.4 is 4.74 Å². The Balaban J connectivity index is 2.39. The van der Waals surface area contributed by atoms with Gasteiger partial charge in [-0.25, -0.2) is 0 Å². The lowest BCUT2D eigenvalue weighted by atomic mass is 9.87. The molecule has 0 spiro atoms. The number of methoxy groups -OCH3 is 2. The van der Waals surface area contributed by atoms with Crippen molar-refractivity contribution in [2.45, 2.75) is 12.8 Å². The van der Waals surface area contributed by atoms with Gasteiger partial charge in [0.05, 0.1) is 20.5 Å². The minimum atomic E-state index is 0.0609. The third kappa shape index (κ3) is 1.81. The van der Waals surface area contributed by atoms with E-state index in [1.165, 1.54) is 6.26 Å². The first-order chi connectivity index (χ1) is 7.76. The Labute approximate surface area is 94.7 Å². The van der Waals surface area contributed by atoms with E-state index in [1.54, 1.807) is 14.2 Å². The number of aryl methyl sites for hydroxylation is 1. The van der Waals surface area contributed by atoms with Gasteiger partial charge in [-0.15, -0.1) is 0 Å². The number of rotatable bonds is 2. The van der Waals surface area contributed by atoms with Gasteiger partial charge in [0.25, 0.3) is 0 Å². The van der Waals surface area contributed by atoms with Crippen molar-refractivity contribution in [3.8, 4) is 5.75 Å². The van der Waals surface area contributed by atoms with Gasteiger partial charge in [-0.1, -0.05) is 0 Å². The van der Waals surface area contributed by atoms with E-state index in [2.05, 4.69) is 0 Å². The van der Waals surface area contributed by atoms with Gasteiger partial charge in [0, 0.05) is 11.1 Å². The number of ether oxygens (including phenoxy) is 2. The summed E-state index contributed by atoms with van der Waals surface area (Å²) in [5.74, 6) is 0.858. The summed E-state index contributed by atoms with van der Waals surface area (Å²) in [6.07, 6.45) is 3.12. The summed E-state index contributed by atoms with van der Waals surface area (Å²) >= 11 is 0. The van der Waals surface area contributed by atoms with Gasteiger partial charge in [0.1, 0.15) is 5.75 Å². The minimum absolute atomic E-state index is 0.0609. The highest BCUT2D eigenvalue weighted by Crippen LogP contribution is 2.28. The fourth-order valence-electron chi connectivity index (χ4n) is 1.94. The second-order valence-corrected chi connectivity index (χ2v) is 3.73. The second kappa shape index (κ2) is 4.39. The molecule has 0 N–H and O–H groups in total. The Bertz CT molecular complexity index is 446. The Hall–Kier alpha value is -1.77. The van der Waals surface area contributed by atoms with E-state index in [0.717, 1.165) is 35.3 Å². The first-order valence-electron chi connectivity index (χ1n) is 5.19. The predicted molar refractivity (Wildman–Crippen MR) is 60.7 cm³/mol. The normalized spacial score (nSPS) is 17.1. The smallest absolute Gasteiger partial charge is 0.192 e. The molecule has 0 amide bonds. The van der Waals surface area contributed by atoms with Crippen LogP contribution in [0.25, 0.3) is 0 Å². The molecule has 2 rings (SSSR count). The van der Waals surface area contributed by atoms with Crippen LogP contribution in [0.5, 0.6) is 5.75 Å². The lowest BCUT2D eigenvalue weighted by Crippen LogP contribution is -2.14. The molecule has 0 aliphatic heterocycles. The number of hydrogen-bond donors (Lipinski definition) is 0. The Kier molecular flexibility index (Phi) is 2.95. The van der Waals surface area contributed by atoms with E-state index in [-0.39, 0.29) is 5.78 Å². The molecule has 1 aliphatic carbocycles. The van der Waals surface area contributed by atoms with Crippen molar-refractivity contribution < 1.29 is 14.3 Å². The van der Waals surface area contributed by atoms with Crippen LogP contribution in [0.1, 0.15) is 22.3 Å². The van der Waals surface area contributed by atoms with Crippen molar-refractivity contribution in [1.82, 2.24) is 0 Å². The van der Waals surface area contributed by atoms with Gasteiger partial charge >= 0.3 is 0 Å². The Morgan fingerprint density at radius 1 is 1.25 bits per heavy atom. The fraction of sp³-hybridized carbons (Fsp3) is 0.308. The molecule has 1 aliphatic rings. The SMILES string of the molecule is COC=C1CCc2cc(OC)ccc2C1=O. The summed E-state index contributed by atoms with van der Waals surface area (Å²) < 4.78 is 10.0. The standard InChI is InChI=1S/C13H14O3/c1-15-8-10-4-3-9-7-11(16-2)5-6-12(9)13(10)14/h5-8H,3-4H2,1-2H3. The van der Waals surface area contributed by atoms with E-state index in [1.807, 2.05) is 18.2 Å². The molecule has 0 saturated carbocycles. The van der Waals surface area contributed by atoms with Gasteiger partial charge in [-0.2, -0.15) is 0 Å². The molecular weight excluding hydrogens is 204 g/mol. The summed E-state index contributed by atoms with van der Waals surface area (Å²) in [7, 11) is 3.19. The van der Waals surface area contributed by atoms with Crippen LogP contribution >= 0.6 is 0 Å². The molecule has 0 atom stereocenters. The van der Waals surface area contributed by atoms with Crippen LogP contribution in [0.2, 0.25) is 0 Å². The summed E-state index contributed by atoms with van der Waals surface area (Å²) in [5, 5.41) is 0. The summed E-state index contributed by atoms with van der Waals surface area (Å²) in [5.41, 5.74) is 2.55. The molecule has 1 aromatic rings. The second-order valence-electron chi connectivity index (χ2n) is 3.73. The molecule has 16 heavy (non-hydrogen) atoms. The molecule has 0 radical (unpaired) electrons. The van der Waals surface area contributed by atoms with Crippen molar-refractivity contribution in [3.63, 3.8) is 0 Å². The molecule has 3 nitrogen and oxygen atoms in total. The van der Waals surface area contributed by atoms with Crippen LogP contribution in [0.4, 0.5) is 0 Å². The van der Waals surface area contributed by atoms with E-state index >= 15 is 0 Å². The molecule has 0 saturated heterocycles. The van der Waals surface area contributed by atoms with Crippen molar-refractivity contribution in [2.24, 2.45) is 0 Å². The van der Waals surface area contributed by atoms with Gasteiger partial charge in [0.15, 0.2) is 5.78 Å². The highest BCUT2D eigenvalue weighted by atomic mass is 16.5. The van der Waals surface area contributed by atoms with Crippen molar-refractivity contribution in [2.75, 3.05) is 14.2 Å². The van der Waals surface area contributed by atoms with Gasteiger partial charge in [-0.05, 0) is 36.6 Å². The number of Topliss-reactive ketones (excluding diaryl/α,β-unsaturated/α-hetero) is 1. The minimum Gasteiger partial charge on any atom is -0.504 e. The zero-order chi connectivity index (χ0) is 11.5. The molecular formula is C13H14O3. The van der Waals surface area contributed by atoms with E-state index < -0.39 is 0 Å². The van der Waals surface area contributed by atoms with Gasteiger partial charge in [-0.3, -0.25) is 4.79 Å². The topological polar surface area (TPSA) is 35.5 Å². The highest BCUT2D eigenvalue weighted by molar-refractivity contribution is 6.10. The molecule has 3 heteroatoms. The number of carbonyl (C=O) groups excluding carboxylic acids is 1. The first kappa shape index (κ1) is 10.7. The molecule has 0 heterocycles. The largest absolute Gasteiger partial charge is 0.504 e. The monoisotopic (exact) mass is 218 g/mol. The van der Waals surface area contributed by atoms with E-state index in [0.29, 0.717) is 0 Å². The third-order valence-corrected chi connectivity index (χ3v) is 2.77. The van der Waals surface area contributed by atoms with Gasteiger partial charge in [0.2, 0.25) is 0 Å². The number of fused-ring (bicyclic) bond motifs is 1. The molecule has 0 fully saturated rings. The van der Waals surface area contributed by atoms with Gasteiger partial charge < -0.3 is 9.47 Å². The third-order valence-electron chi connectivity index (χ3n) is 2.77. The van der Waals surface area contributed by atoms with Crippen LogP contribution in [-0.4, -0.2) is 20.0 Å². The lowest BCUT2D eigenvalue weighted by Gasteiger charge is -2.17. The van der Waals surface area contributed by atoms with Crippen molar-refractivity contribution in [1.29, 1.82) is 0 Å². The molecule has 1 aromatic carbocycles. The summed E-state index contributed by atoms with van der Waals surface area (Å²) in [6.45, 7) is 0. The average molecular weight is 218 g/mol. The number of carbonyl (C=O) groups is 1. The maximum atomic E-state index is 12.0. The summed E-state index contributed by atoms with van der Waals surface area (Å²) in [4.78, 5) is 12.0. The van der Waals surface area contributed by atoms with Crippen LogP contribution in [0.3, 0.4) is 0 Å². The summed E-state index contributed by atoms with van der Waals surface area (Å²) in [6, 6.07) is 5.56. The lowest BCUT2D eigenvalue weighted by molar-refractivity contribution is 0.102. The number of allylic oxidation sites excluding steroid dienone is 1. The zero-order valence-corrected chi connectivity index (χ0v) is 9.45. The quantitative estimate of drug-likeness (QED) is 0.564. The Morgan fingerprint density at radius 2 is 2.06 bits per heavy atom.